The van der Waals surface area contributed by atoms with E-state index in [9.17, 15) is 0 Å². The molecule has 1 aromatic carbocycles. The van der Waals surface area contributed by atoms with Gasteiger partial charge in [-0.25, -0.2) is 0 Å². The third-order valence-electron chi connectivity index (χ3n) is 4.47. The average Bonchev–Trinajstić information content (AvgIpc) is 2.92. The van der Waals surface area contributed by atoms with Crippen molar-refractivity contribution in [3.8, 4) is 0 Å². The van der Waals surface area contributed by atoms with Crippen LogP contribution in [0.15, 0.2) is 29.6 Å². The van der Waals surface area contributed by atoms with Gasteiger partial charge in [0.1, 0.15) is 0 Å². The third kappa shape index (κ3) is 2.02. The summed E-state index contributed by atoms with van der Waals surface area (Å²) in [6, 6.07) is 8.58. The van der Waals surface area contributed by atoms with E-state index in [-0.39, 0.29) is 18.3 Å². The van der Waals surface area contributed by atoms with Gasteiger partial charge in [0.15, 0.2) is 0 Å². The standard InChI is InChI=1S/C15H19BO2S/c1-5-15(4)14(2,3)17-16(18-15)12-6-7-13-11(10-12)8-9-19-13/h6-10H,5H2,1-4H3. The van der Waals surface area contributed by atoms with Crippen LogP contribution in [0.25, 0.3) is 10.1 Å². The molecule has 2 nitrogen and oxygen atoms in total. The number of hydrogen-bond acceptors (Lipinski definition) is 3. The minimum atomic E-state index is -0.268. The van der Waals surface area contributed by atoms with Crippen LogP contribution >= 0.6 is 11.3 Å². The Morgan fingerprint density at radius 3 is 2.63 bits per heavy atom. The van der Waals surface area contributed by atoms with Gasteiger partial charge in [-0.1, -0.05) is 19.1 Å². The zero-order valence-electron chi connectivity index (χ0n) is 11.9. The van der Waals surface area contributed by atoms with Crippen molar-refractivity contribution in [2.24, 2.45) is 0 Å². The van der Waals surface area contributed by atoms with Gasteiger partial charge in [-0.15, -0.1) is 11.3 Å². The largest absolute Gasteiger partial charge is 0.494 e. The average molecular weight is 274 g/mol. The molecule has 0 spiro atoms. The lowest BCUT2D eigenvalue weighted by Crippen LogP contribution is -2.44. The predicted molar refractivity (Wildman–Crippen MR) is 82.2 cm³/mol. The van der Waals surface area contributed by atoms with E-state index in [4.69, 9.17) is 9.31 Å². The molecule has 1 atom stereocenters. The Balaban J connectivity index is 1.95. The van der Waals surface area contributed by atoms with Crippen LogP contribution in [-0.4, -0.2) is 18.3 Å². The van der Waals surface area contributed by atoms with Crippen LogP contribution in [0.2, 0.25) is 0 Å². The highest BCUT2D eigenvalue weighted by atomic mass is 32.1. The monoisotopic (exact) mass is 274 g/mol. The molecule has 1 fully saturated rings. The molecule has 2 aromatic rings. The summed E-state index contributed by atoms with van der Waals surface area (Å²) in [5, 5.41) is 3.38. The highest BCUT2D eigenvalue weighted by Gasteiger charge is 2.53. The molecule has 1 saturated heterocycles. The Hall–Kier alpha value is -0.835. The molecule has 3 rings (SSSR count). The van der Waals surface area contributed by atoms with E-state index >= 15 is 0 Å². The Labute approximate surface area is 118 Å². The molecular formula is C15H19BO2S. The van der Waals surface area contributed by atoms with Gasteiger partial charge in [0.05, 0.1) is 11.2 Å². The SMILES string of the molecule is CCC1(C)OB(c2ccc3sccc3c2)OC1(C)C. The molecule has 0 aliphatic carbocycles. The fourth-order valence-corrected chi connectivity index (χ4v) is 3.34. The molecular weight excluding hydrogens is 255 g/mol. The zero-order chi connectivity index (χ0) is 13.7. The van der Waals surface area contributed by atoms with Crippen LogP contribution in [0.1, 0.15) is 34.1 Å². The molecule has 0 amide bonds. The second-order valence-electron chi connectivity index (χ2n) is 5.88. The fourth-order valence-electron chi connectivity index (χ4n) is 2.57. The first-order valence-corrected chi connectivity index (χ1v) is 7.66. The fraction of sp³-hybridized carbons (Fsp3) is 0.467. The van der Waals surface area contributed by atoms with Gasteiger partial charge >= 0.3 is 7.12 Å². The first-order chi connectivity index (χ1) is 8.95. The van der Waals surface area contributed by atoms with Crippen molar-refractivity contribution >= 4 is 34.0 Å². The number of hydrogen-bond donors (Lipinski definition) is 0. The van der Waals surface area contributed by atoms with E-state index < -0.39 is 0 Å². The predicted octanol–water partition coefficient (Wildman–Crippen LogP) is 3.59. The molecule has 1 aliphatic rings. The van der Waals surface area contributed by atoms with Crippen LogP contribution in [0, 0.1) is 0 Å². The van der Waals surface area contributed by atoms with Gasteiger partial charge in [-0.3, -0.25) is 0 Å². The van der Waals surface area contributed by atoms with Gasteiger partial charge in [-0.05, 0) is 55.6 Å². The molecule has 1 unspecified atom stereocenters. The minimum absolute atomic E-state index is 0.235. The molecule has 100 valence electrons. The molecule has 1 aliphatic heterocycles. The summed E-state index contributed by atoms with van der Waals surface area (Å²) in [6.45, 7) is 8.50. The zero-order valence-corrected chi connectivity index (χ0v) is 12.7. The molecule has 2 heterocycles. The van der Waals surface area contributed by atoms with Gasteiger partial charge in [0.2, 0.25) is 0 Å². The van der Waals surface area contributed by atoms with Crippen LogP contribution < -0.4 is 5.46 Å². The van der Waals surface area contributed by atoms with Gasteiger partial charge in [0.25, 0.3) is 0 Å². The van der Waals surface area contributed by atoms with Crippen molar-refractivity contribution in [2.45, 2.75) is 45.3 Å². The quantitative estimate of drug-likeness (QED) is 0.779. The Morgan fingerprint density at radius 1 is 1.16 bits per heavy atom. The maximum absolute atomic E-state index is 6.21. The lowest BCUT2D eigenvalue weighted by molar-refractivity contribution is -0.0118. The summed E-state index contributed by atoms with van der Waals surface area (Å²) in [6.07, 6.45) is 0.942. The molecule has 1 aromatic heterocycles. The molecule has 0 bridgehead atoms. The first kappa shape index (κ1) is 13.2. The molecule has 4 heteroatoms. The topological polar surface area (TPSA) is 18.5 Å². The van der Waals surface area contributed by atoms with Crippen LogP contribution in [-0.2, 0) is 9.31 Å². The summed E-state index contributed by atoms with van der Waals surface area (Å²) in [7, 11) is -0.260. The van der Waals surface area contributed by atoms with Gasteiger partial charge < -0.3 is 9.31 Å². The lowest BCUT2D eigenvalue weighted by Gasteiger charge is -2.35. The number of thiophene rings is 1. The Bertz CT molecular complexity index is 607. The van der Waals surface area contributed by atoms with E-state index in [1.54, 1.807) is 11.3 Å². The molecule has 0 radical (unpaired) electrons. The lowest BCUT2D eigenvalue weighted by atomic mass is 9.79. The third-order valence-corrected chi connectivity index (χ3v) is 5.36. The van der Waals surface area contributed by atoms with Crippen molar-refractivity contribution in [3.05, 3.63) is 29.6 Å². The van der Waals surface area contributed by atoms with Crippen molar-refractivity contribution in [1.82, 2.24) is 0 Å². The minimum Gasteiger partial charge on any atom is -0.399 e. The van der Waals surface area contributed by atoms with Crippen molar-refractivity contribution in [3.63, 3.8) is 0 Å². The summed E-state index contributed by atoms with van der Waals surface area (Å²) >= 11 is 1.76. The number of fused-ring (bicyclic) bond motifs is 1. The summed E-state index contributed by atoms with van der Waals surface area (Å²) in [4.78, 5) is 0. The smallest absolute Gasteiger partial charge is 0.399 e. The Kier molecular flexibility index (Phi) is 3.00. The van der Waals surface area contributed by atoms with Gasteiger partial charge in [0, 0.05) is 4.70 Å². The maximum Gasteiger partial charge on any atom is 0.494 e. The van der Waals surface area contributed by atoms with Gasteiger partial charge in [-0.2, -0.15) is 0 Å². The van der Waals surface area contributed by atoms with Crippen molar-refractivity contribution < 1.29 is 9.31 Å². The van der Waals surface area contributed by atoms with Crippen molar-refractivity contribution in [2.75, 3.05) is 0 Å². The Morgan fingerprint density at radius 2 is 1.95 bits per heavy atom. The maximum atomic E-state index is 6.21. The highest BCUT2D eigenvalue weighted by Crippen LogP contribution is 2.39. The van der Waals surface area contributed by atoms with E-state index in [1.165, 1.54) is 10.1 Å². The first-order valence-electron chi connectivity index (χ1n) is 6.78. The van der Waals surface area contributed by atoms with Crippen LogP contribution in [0.5, 0.6) is 0 Å². The molecule has 0 saturated carbocycles. The number of rotatable bonds is 2. The summed E-state index contributed by atoms with van der Waals surface area (Å²) in [5.74, 6) is 0. The molecule has 19 heavy (non-hydrogen) atoms. The van der Waals surface area contributed by atoms with Crippen molar-refractivity contribution in [1.29, 1.82) is 0 Å². The van der Waals surface area contributed by atoms with Crippen LogP contribution in [0.3, 0.4) is 0 Å². The van der Waals surface area contributed by atoms with E-state index in [0.717, 1.165) is 11.9 Å². The second-order valence-corrected chi connectivity index (χ2v) is 6.83. The van der Waals surface area contributed by atoms with E-state index in [2.05, 4.69) is 57.3 Å². The summed E-state index contributed by atoms with van der Waals surface area (Å²) < 4.78 is 13.7. The van der Waals surface area contributed by atoms with Crippen LogP contribution in [0.4, 0.5) is 0 Å². The highest BCUT2D eigenvalue weighted by molar-refractivity contribution is 7.17. The molecule has 0 N–H and O–H groups in total. The van der Waals surface area contributed by atoms with E-state index in [0.29, 0.717) is 0 Å². The summed E-state index contributed by atoms with van der Waals surface area (Å²) in [5.41, 5.74) is 0.605. The normalized spacial score (nSPS) is 26.2. The second kappa shape index (κ2) is 4.34. The van der Waals surface area contributed by atoms with E-state index in [1.807, 2.05) is 0 Å². The number of benzene rings is 1.